The van der Waals surface area contributed by atoms with Crippen LogP contribution in [0.4, 0.5) is 5.69 Å². The van der Waals surface area contributed by atoms with Gasteiger partial charge in [0.25, 0.3) is 0 Å². The molecule has 0 radical (unpaired) electrons. The molecule has 0 atom stereocenters. The fourth-order valence-electron chi connectivity index (χ4n) is 1.89. The second-order valence-electron chi connectivity index (χ2n) is 4.95. The standard InChI is InChI=1S/C15H18N4O/c1-10(2)7-15(20)17-13-5-6-14(16-9-13)19-12(4)8-11(3)18-19/h5-9H,1-4H3,(H,17,20). The number of anilines is 1. The van der Waals surface area contributed by atoms with Crippen LogP contribution in [0.1, 0.15) is 25.2 Å². The second-order valence-corrected chi connectivity index (χ2v) is 4.95. The van der Waals surface area contributed by atoms with E-state index in [1.165, 1.54) is 0 Å². The lowest BCUT2D eigenvalue weighted by Crippen LogP contribution is -2.09. The minimum Gasteiger partial charge on any atom is -0.321 e. The minimum absolute atomic E-state index is 0.148. The third kappa shape index (κ3) is 3.32. The van der Waals surface area contributed by atoms with Gasteiger partial charge in [-0.25, -0.2) is 9.67 Å². The highest BCUT2D eigenvalue weighted by molar-refractivity contribution is 5.99. The van der Waals surface area contributed by atoms with Gasteiger partial charge in [0, 0.05) is 11.8 Å². The van der Waals surface area contributed by atoms with Crippen LogP contribution in [0, 0.1) is 13.8 Å². The molecule has 0 aliphatic rings. The van der Waals surface area contributed by atoms with Crippen LogP contribution in [0.25, 0.3) is 5.82 Å². The van der Waals surface area contributed by atoms with Crippen LogP contribution >= 0.6 is 0 Å². The summed E-state index contributed by atoms with van der Waals surface area (Å²) in [6, 6.07) is 5.64. The molecule has 0 saturated carbocycles. The molecule has 2 rings (SSSR count). The molecule has 0 unspecified atom stereocenters. The number of nitrogens with zero attached hydrogens (tertiary/aromatic N) is 3. The molecule has 0 aliphatic carbocycles. The molecule has 0 spiro atoms. The maximum atomic E-state index is 11.6. The van der Waals surface area contributed by atoms with Gasteiger partial charge >= 0.3 is 0 Å². The van der Waals surface area contributed by atoms with Crippen molar-refractivity contribution in [3.63, 3.8) is 0 Å². The van der Waals surface area contributed by atoms with Gasteiger partial charge in [0.2, 0.25) is 5.91 Å². The van der Waals surface area contributed by atoms with Gasteiger partial charge in [-0.15, -0.1) is 0 Å². The van der Waals surface area contributed by atoms with E-state index in [4.69, 9.17) is 0 Å². The zero-order valence-electron chi connectivity index (χ0n) is 12.1. The molecule has 104 valence electrons. The Morgan fingerprint density at radius 1 is 1.30 bits per heavy atom. The molecule has 0 aromatic carbocycles. The van der Waals surface area contributed by atoms with Crippen LogP contribution in [-0.4, -0.2) is 20.7 Å². The summed E-state index contributed by atoms with van der Waals surface area (Å²) in [4.78, 5) is 15.9. The van der Waals surface area contributed by atoms with Crippen molar-refractivity contribution >= 4 is 11.6 Å². The van der Waals surface area contributed by atoms with Crippen molar-refractivity contribution in [3.8, 4) is 5.82 Å². The summed E-state index contributed by atoms with van der Waals surface area (Å²) in [5, 5.41) is 7.13. The van der Waals surface area contributed by atoms with Crippen molar-refractivity contribution in [2.24, 2.45) is 0 Å². The second kappa shape index (κ2) is 5.69. The monoisotopic (exact) mass is 270 g/mol. The van der Waals surface area contributed by atoms with Gasteiger partial charge in [0.05, 0.1) is 17.6 Å². The SMILES string of the molecule is CC(C)=CC(=O)Nc1ccc(-n2nc(C)cc2C)nc1. The Morgan fingerprint density at radius 3 is 2.55 bits per heavy atom. The molecule has 0 aliphatic heterocycles. The quantitative estimate of drug-likeness (QED) is 0.872. The number of rotatable bonds is 3. The predicted molar refractivity (Wildman–Crippen MR) is 78.9 cm³/mol. The van der Waals surface area contributed by atoms with E-state index in [9.17, 15) is 4.79 Å². The molecule has 2 aromatic rings. The van der Waals surface area contributed by atoms with Crippen LogP contribution in [0.3, 0.4) is 0 Å². The fourth-order valence-corrected chi connectivity index (χ4v) is 1.89. The van der Waals surface area contributed by atoms with E-state index in [-0.39, 0.29) is 5.91 Å². The Morgan fingerprint density at radius 2 is 2.05 bits per heavy atom. The molecule has 0 fully saturated rings. The summed E-state index contributed by atoms with van der Waals surface area (Å²) in [5.41, 5.74) is 3.59. The number of hydrogen-bond donors (Lipinski definition) is 1. The molecule has 2 aromatic heterocycles. The Hall–Kier alpha value is -2.43. The molecule has 5 heteroatoms. The number of aromatic nitrogens is 3. The van der Waals surface area contributed by atoms with E-state index in [0.717, 1.165) is 22.8 Å². The molecule has 20 heavy (non-hydrogen) atoms. The third-order valence-electron chi connectivity index (χ3n) is 2.66. The molecular formula is C15H18N4O. The highest BCUT2D eigenvalue weighted by Crippen LogP contribution is 2.12. The zero-order chi connectivity index (χ0) is 14.7. The van der Waals surface area contributed by atoms with Crippen molar-refractivity contribution in [2.45, 2.75) is 27.7 Å². The molecule has 1 amide bonds. The van der Waals surface area contributed by atoms with Crippen molar-refractivity contribution in [1.82, 2.24) is 14.8 Å². The van der Waals surface area contributed by atoms with Gasteiger partial charge in [-0.05, 0) is 45.9 Å². The van der Waals surface area contributed by atoms with Crippen molar-refractivity contribution in [2.75, 3.05) is 5.32 Å². The van der Waals surface area contributed by atoms with Crippen LogP contribution in [0.15, 0.2) is 36.0 Å². The van der Waals surface area contributed by atoms with Crippen LogP contribution in [0.5, 0.6) is 0 Å². The van der Waals surface area contributed by atoms with Gasteiger partial charge in [0.15, 0.2) is 5.82 Å². The summed E-state index contributed by atoms with van der Waals surface area (Å²) >= 11 is 0. The lowest BCUT2D eigenvalue weighted by molar-refractivity contribution is -0.111. The topological polar surface area (TPSA) is 59.8 Å². The minimum atomic E-state index is -0.148. The smallest absolute Gasteiger partial charge is 0.248 e. The first-order chi connectivity index (χ1) is 9.45. The maximum Gasteiger partial charge on any atom is 0.248 e. The average Bonchev–Trinajstić information content (AvgIpc) is 2.68. The first-order valence-electron chi connectivity index (χ1n) is 6.41. The van der Waals surface area contributed by atoms with Crippen molar-refractivity contribution in [1.29, 1.82) is 0 Å². The summed E-state index contributed by atoms with van der Waals surface area (Å²) in [6.45, 7) is 7.68. The van der Waals surface area contributed by atoms with E-state index in [0.29, 0.717) is 5.69 Å². The Labute approximate surface area is 118 Å². The van der Waals surface area contributed by atoms with E-state index < -0.39 is 0 Å². The molecule has 2 heterocycles. The maximum absolute atomic E-state index is 11.6. The van der Waals surface area contributed by atoms with Gasteiger partial charge in [-0.1, -0.05) is 5.57 Å². The molecule has 0 saturated heterocycles. The lowest BCUT2D eigenvalue weighted by atomic mass is 10.3. The number of hydrogen-bond acceptors (Lipinski definition) is 3. The molecule has 5 nitrogen and oxygen atoms in total. The van der Waals surface area contributed by atoms with E-state index in [1.54, 1.807) is 17.0 Å². The Bertz CT molecular complexity index is 649. The third-order valence-corrected chi connectivity index (χ3v) is 2.66. The van der Waals surface area contributed by atoms with Crippen molar-refractivity contribution in [3.05, 3.63) is 47.4 Å². The lowest BCUT2D eigenvalue weighted by Gasteiger charge is -2.05. The molecule has 0 bridgehead atoms. The summed E-state index contributed by atoms with van der Waals surface area (Å²) in [5.74, 6) is 0.585. The molecular weight excluding hydrogens is 252 g/mol. The normalized spacial score (nSPS) is 10.2. The predicted octanol–water partition coefficient (Wildman–Crippen LogP) is 2.79. The highest BCUT2D eigenvalue weighted by Gasteiger charge is 2.05. The zero-order valence-corrected chi connectivity index (χ0v) is 12.1. The number of allylic oxidation sites excluding steroid dienone is 1. The summed E-state index contributed by atoms with van der Waals surface area (Å²) in [6.07, 6.45) is 3.18. The van der Waals surface area contributed by atoms with Gasteiger partial charge in [-0.2, -0.15) is 5.10 Å². The first kappa shape index (κ1) is 14.0. The van der Waals surface area contributed by atoms with Crippen LogP contribution < -0.4 is 5.32 Å². The van der Waals surface area contributed by atoms with E-state index >= 15 is 0 Å². The number of carbonyl (C=O) groups is 1. The average molecular weight is 270 g/mol. The summed E-state index contributed by atoms with van der Waals surface area (Å²) < 4.78 is 1.77. The van der Waals surface area contributed by atoms with Gasteiger partial charge in [-0.3, -0.25) is 4.79 Å². The van der Waals surface area contributed by atoms with Gasteiger partial charge in [0.1, 0.15) is 0 Å². The number of carbonyl (C=O) groups excluding carboxylic acids is 1. The Balaban J connectivity index is 2.16. The van der Waals surface area contributed by atoms with E-state index in [2.05, 4.69) is 15.4 Å². The van der Waals surface area contributed by atoms with E-state index in [1.807, 2.05) is 45.9 Å². The summed E-state index contributed by atoms with van der Waals surface area (Å²) in [7, 11) is 0. The first-order valence-corrected chi connectivity index (χ1v) is 6.41. The number of aryl methyl sites for hydroxylation is 2. The number of amides is 1. The largest absolute Gasteiger partial charge is 0.321 e. The number of pyridine rings is 1. The van der Waals surface area contributed by atoms with Crippen molar-refractivity contribution < 1.29 is 4.79 Å². The van der Waals surface area contributed by atoms with Crippen LogP contribution in [0.2, 0.25) is 0 Å². The number of nitrogens with one attached hydrogen (secondary N) is 1. The molecule has 1 N–H and O–H groups in total. The Kier molecular flexibility index (Phi) is 3.98. The van der Waals surface area contributed by atoms with Gasteiger partial charge < -0.3 is 5.32 Å². The highest BCUT2D eigenvalue weighted by atomic mass is 16.1. The fraction of sp³-hybridized carbons (Fsp3) is 0.267. The van der Waals surface area contributed by atoms with Crippen LogP contribution in [-0.2, 0) is 4.79 Å².